The molecule has 4 aromatic rings. The van der Waals surface area contributed by atoms with Crippen LogP contribution in [-0.4, -0.2) is 25.6 Å². The van der Waals surface area contributed by atoms with Crippen molar-refractivity contribution in [1.29, 1.82) is 0 Å². The molecule has 0 spiro atoms. The fourth-order valence-corrected chi connectivity index (χ4v) is 2.85. The van der Waals surface area contributed by atoms with Gasteiger partial charge in [-0.05, 0) is 36.4 Å². The number of carbonyl (C=O) groups excluding carboxylic acids is 1. The minimum absolute atomic E-state index is 0.0138. The summed E-state index contributed by atoms with van der Waals surface area (Å²) in [5.74, 6) is -0.993. The van der Waals surface area contributed by atoms with E-state index >= 15 is 0 Å². The Balaban J connectivity index is 1.84. The van der Waals surface area contributed by atoms with Gasteiger partial charge in [-0.3, -0.25) is 4.79 Å². The molecular formula is C18H10ClF3N4O3. The smallest absolute Gasteiger partial charge is 0.433 e. The average molecular weight is 423 g/mol. The van der Waals surface area contributed by atoms with Gasteiger partial charge in [-0.1, -0.05) is 11.6 Å². The first-order chi connectivity index (χ1) is 13.7. The molecule has 0 saturated carbocycles. The number of hydrogen-bond donors (Lipinski definition) is 2. The molecule has 0 aliphatic rings. The van der Waals surface area contributed by atoms with E-state index in [2.05, 4.69) is 15.4 Å². The number of fused-ring (bicyclic) bond motifs is 1. The minimum Gasteiger partial charge on any atom is -0.506 e. The number of nitrogens with one attached hydrogen (secondary N) is 1. The highest BCUT2D eigenvalue weighted by Gasteiger charge is 2.36. The van der Waals surface area contributed by atoms with Crippen molar-refractivity contribution in [3.05, 3.63) is 65.1 Å². The molecule has 4 rings (SSSR count). The van der Waals surface area contributed by atoms with Gasteiger partial charge in [0.1, 0.15) is 17.0 Å². The summed E-state index contributed by atoms with van der Waals surface area (Å²) in [5, 5.41) is 16.1. The number of amides is 1. The highest BCUT2D eigenvalue weighted by atomic mass is 35.5. The third kappa shape index (κ3) is 3.49. The molecule has 0 aliphatic heterocycles. The summed E-state index contributed by atoms with van der Waals surface area (Å²) in [7, 11) is 0. The monoisotopic (exact) mass is 422 g/mol. The van der Waals surface area contributed by atoms with Gasteiger partial charge in [-0.15, -0.1) is 0 Å². The summed E-state index contributed by atoms with van der Waals surface area (Å²) in [4.78, 5) is 16.8. The van der Waals surface area contributed by atoms with Crippen LogP contribution in [0.3, 0.4) is 0 Å². The maximum atomic E-state index is 13.5. The molecular weight excluding hydrogens is 413 g/mol. The second kappa shape index (κ2) is 6.82. The summed E-state index contributed by atoms with van der Waals surface area (Å²) in [5.41, 5.74) is -1.82. The Hall–Kier alpha value is -3.53. The van der Waals surface area contributed by atoms with E-state index in [0.717, 1.165) is 12.3 Å². The number of phenols is 1. The molecule has 0 atom stereocenters. The highest BCUT2D eigenvalue weighted by molar-refractivity contribution is 6.31. The van der Waals surface area contributed by atoms with Crippen LogP contribution in [0.15, 0.2) is 53.3 Å². The van der Waals surface area contributed by atoms with Gasteiger partial charge in [0.15, 0.2) is 17.1 Å². The molecule has 11 heteroatoms. The van der Waals surface area contributed by atoms with Gasteiger partial charge in [0, 0.05) is 5.02 Å². The first-order valence-corrected chi connectivity index (χ1v) is 8.41. The van der Waals surface area contributed by atoms with Crippen LogP contribution in [0.5, 0.6) is 5.75 Å². The van der Waals surface area contributed by atoms with Gasteiger partial charge >= 0.3 is 6.18 Å². The molecule has 0 aliphatic carbocycles. The minimum atomic E-state index is -4.76. The highest BCUT2D eigenvalue weighted by Crippen LogP contribution is 2.33. The van der Waals surface area contributed by atoms with Gasteiger partial charge in [0.05, 0.1) is 18.1 Å². The third-order valence-electron chi connectivity index (χ3n) is 3.99. The van der Waals surface area contributed by atoms with Crippen LogP contribution in [0.25, 0.3) is 17.1 Å². The Kier molecular flexibility index (Phi) is 4.42. The van der Waals surface area contributed by atoms with Crippen LogP contribution in [-0.2, 0) is 6.18 Å². The van der Waals surface area contributed by atoms with Crippen LogP contribution in [0.1, 0.15) is 16.1 Å². The van der Waals surface area contributed by atoms with Gasteiger partial charge in [-0.2, -0.15) is 18.3 Å². The van der Waals surface area contributed by atoms with Crippen molar-refractivity contribution in [3.63, 3.8) is 0 Å². The Morgan fingerprint density at radius 1 is 1.24 bits per heavy atom. The number of nitrogens with zero attached hydrogens (tertiary/aromatic N) is 3. The quantitative estimate of drug-likeness (QED) is 0.470. The lowest BCUT2D eigenvalue weighted by atomic mass is 10.2. The molecule has 1 aromatic carbocycles. The molecule has 0 fully saturated rings. The predicted octanol–water partition coefficient (Wildman–Crippen LogP) is 4.62. The number of carbonyl (C=O) groups is 1. The average Bonchev–Trinajstić information content (AvgIpc) is 3.32. The Morgan fingerprint density at radius 3 is 2.72 bits per heavy atom. The van der Waals surface area contributed by atoms with E-state index < -0.39 is 17.8 Å². The van der Waals surface area contributed by atoms with E-state index in [-0.39, 0.29) is 39.1 Å². The Morgan fingerprint density at radius 2 is 2.03 bits per heavy atom. The number of aromatic hydroxyl groups is 1. The maximum absolute atomic E-state index is 13.5. The summed E-state index contributed by atoms with van der Waals surface area (Å²) in [6, 6.07) is 7.70. The number of benzene rings is 1. The van der Waals surface area contributed by atoms with Gasteiger partial charge in [0.25, 0.3) is 5.91 Å². The number of furan rings is 1. The lowest BCUT2D eigenvalue weighted by Gasteiger charge is -2.11. The number of rotatable bonds is 3. The molecule has 7 nitrogen and oxygen atoms in total. The van der Waals surface area contributed by atoms with Crippen LogP contribution < -0.4 is 5.32 Å². The van der Waals surface area contributed by atoms with Crippen LogP contribution in [0.2, 0.25) is 5.02 Å². The lowest BCUT2D eigenvalue weighted by molar-refractivity contribution is -0.142. The zero-order valence-electron chi connectivity index (χ0n) is 14.2. The van der Waals surface area contributed by atoms with Crippen molar-refractivity contribution in [3.8, 4) is 17.2 Å². The molecule has 29 heavy (non-hydrogen) atoms. The van der Waals surface area contributed by atoms with E-state index in [1.807, 2.05) is 0 Å². The van der Waals surface area contributed by atoms with E-state index in [4.69, 9.17) is 16.0 Å². The standard InChI is InChI=1S/C18H10ClF3N4O3/c19-9-3-4-13(27)11(6-9)25-17(28)10-8-23-26-15(18(20,21)22)7-12(24-16(10)26)14-2-1-5-29-14/h1-8,27H,(H,25,28). The zero-order chi connectivity index (χ0) is 20.8. The van der Waals surface area contributed by atoms with Crippen molar-refractivity contribution in [2.24, 2.45) is 0 Å². The fraction of sp³-hybridized carbons (Fsp3) is 0.0556. The molecule has 1 amide bonds. The van der Waals surface area contributed by atoms with E-state index in [0.29, 0.717) is 4.52 Å². The predicted molar refractivity (Wildman–Crippen MR) is 96.8 cm³/mol. The Bertz CT molecular complexity index is 1220. The maximum Gasteiger partial charge on any atom is 0.433 e. The molecule has 2 N–H and O–H groups in total. The van der Waals surface area contributed by atoms with Crippen molar-refractivity contribution in [1.82, 2.24) is 14.6 Å². The molecule has 3 heterocycles. The topological polar surface area (TPSA) is 92.7 Å². The van der Waals surface area contributed by atoms with Crippen molar-refractivity contribution in [2.45, 2.75) is 6.18 Å². The molecule has 0 bridgehead atoms. The molecule has 3 aromatic heterocycles. The lowest BCUT2D eigenvalue weighted by Crippen LogP contribution is -2.15. The summed E-state index contributed by atoms with van der Waals surface area (Å²) in [6.07, 6.45) is -2.51. The number of anilines is 1. The van der Waals surface area contributed by atoms with E-state index in [1.165, 1.54) is 36.6 Å². The normalized spacial score (nSPS) is 11.7. The number of hydrogen-bond acceptors (Lipinski definition) is 5. The van der Waals surface area contributed by atoms with Gasteiger partial charge in [-0.25, -0.2) is 9.50 Å². The van der Waals surface area contributed by atoms with Crippen LogP contribution >= 0.6 is 11.6 Å². The van der Waals surface area contributed by atoms with Crippen LogP contribution in [0.4, 0.5) is 18.9 Å². The largest absolute Gasteiger partial charge is 0.506 e. The van der Waals surface area contributed by atoms with E-state index in [9.17, 15) is 23.1 Å². The second-order valence-corrected chi connectivity index (χ2v) is 6.35. The number of phenolic OH excluding ortho intramolecular Hbond substituents is 1. The van der Waals surface area contributed by atoms with Crippen molar-refractivity contribution in [2.75, 3.05) is 5.32 Å². The van der Waals surface area contributed by atoms with Gasteiger partial charge < -0.3 is 14.8 Å². The SMILES string of the molecule is O=C(Nc1cc(Cl)ccc1O)c1cnn2c(C(F)(F)F)cc(-c3ccco3)nc12. The van der Waals surface area contributed by atoms with Crippen LogP contribution in [0, 0.1) is 0 Å². The van der Waals surface area contributed by atoms with Crippen molar-refractivity contribution < 1.29 is 27.5 Å². The summed E-state index contributed by atoms with van der Waals surface area (Å²) < 4.78 is 46.2. The number of alkyl halides is 3. The molecule has 148 valence electrons. The first kappa shape index (κ1) is 18.8. The first-order valence-electron chi connectivity index (χ1n) is 8.04. The molecule has 0 radical (unpaired) electrons. The molecule has 0 unspecified atom stereocenters. The number of halogens is 4. The second-order valence-electron chi connectivity index (χ2n) is 5.91. The third-order valence-corrected chi connectivity index (χ3v) is 4.22. The molecule has 0 saturated heterocycles. The zero-order valence-corrected chi connectivity index (χ0v) is 15.0. The van der Waals surface area contributed by atoms with E-state index in [1.54, 1.807) is 0 Å². The number of aromatic nitrogens is 3. The summed E-state index contributed by atoms with van der Waals surface area (Å²) >= 11 is 5.84. The fourth-order valence-electron chi connectivity index (χ4n) is 2.67. The van der Waals surface area contributed by atoms with Gasteiger partial charge in [0.2, 0.25) is 0 Å². The Labute approximate surface area is 165 Å². The summed E-state index contributed by atoms with van der Waals surface area (Å²) in [6.45, 7) is 0. The van der Waals surface area contributed by atoms with Crippen molar-refractivity contribution >= 4 is 28.8 Å².